The molecule has 18 aromatic carbocycles. The molecule has 2 aliphatic carbocycles. The Morgan fingerprint density at radius 1 is 0.113 bits per heavy atom. The Kier molecular flexibility index (Phi) is 17.2. The molecule has 0 unspecified atom stereocenters. The van der Waals surface area contributed by atoms with Crippen LogP contribution < -0.4 is 0 Å². The summed E-state index contributed by atoms with van der Waals surface area (Å²) in [4.78, 5) is 16.0. The summed E-state index contributed by atoms with van der Waals surface area (Å²) in [5, 5.41) is 0. The number of rotatable bonds is 15. The van der Waals surface area contributed by atoms with Gasteiger partial charge in [-0.25, -0.2) is 15.0 Å². The second kappa shape index (κ2) is 29.0. The van der Waals surface area contributed by atoms with Gasteiger partial charge in [0.15, 0.2) is 17.5 Å². The first-order valence-corrected chi connectivity index (χ1v) is 39.5. The smallest absolute Gasteiger partial charge is 0.164 e. The Hall–Kier alpha value is -15.0. The number of aromatic nitrogens is 3. The summed E-state index contributed by atoms with van der Waals surface area (Å²) in [5.74, 6) is 1.77. The van der Waals surface area contributed by atoms with Crippen LogP contribution in [0.25, 0.3) is 190 Å². The topological polar surface area (TPSA) is 38.7 Å². The van der Waals surface area contributed by atoms with Gasteiger partial charge in [-0.05, 0) is 245 Å². The molecule has 21 rings (SSSR count). The van der Waals surface area contributed by atoms with Crippen molar-refractivity contribution in [3.8, 4) is 190 Å². The summed E-state index contributed by atoms with van der Waals surface area (Å²) in [5.41, 5.74) is 40.6. The van der Waals surface area contributed by atoms with Crippen LogP contribution in [0.1, 0.15) is 22.3 Å². The quantitative estimate of drug-likeness (QED) is 0.103. The molecule has 3 nitrogen and oxygen atoms in total. The molecular formula is C112H73N3. The van der Waals surface area contributed by atoms with Gasteiger partial charge >= 0.3 is 0 Å². The molecule has 0 saturated carbocycles. The molecule has 0 bridgehead atoms. The first kappa shape index (κ1) is 68.0. The fraction of sp³-hybridized carbons (Fsp3) is 0.00893. The Balaban J connectivity index is 0.573. The third-order valence-electron chi connectivity index (χ3n) is 23.4. The molecule has 115 heavy (non-hydrogen) atoms. The highest BCUT2D eigenvalue weighted by atomic mass is 15.0. The maximum absolute atomic E-state index is 5.34. The van der Waals surface area contributed by atoms with Crippen molar-refractivity contribution in [2.24, 2.45) is 0 Å². The lowest BCUT2D eigenvalue weighted by Gasteiger charge is -2.30. The SMILES string of the molecule is c1ccc(-c2cccc(-c3cccc(-c4ccc(-c5nc(-c6ccc(-c7cccc(-c8cccc(-c9cccc(-c%10cccc(-c%11ccc%12c(c%11)C%11(c%13ccccc%13-c%13ccccc%13%11)c%11ccccc%11-%12)c%10)c9)c8)c7)cc6)nc(-c6cccc(-c7cccc(-c8cccc(-c9cccc(-c%10ccccc%10)c9)c8)c7)c6)n5)cc4)c3)c2)cc1. The summed E-state index contributed by atoms with van der Waals surface area (Å²) < 4.78 is 0. The van der Waals surface area contributed by atoms with Crippen molar-refractivity contribution in [2.75, 3.05) is 0 Å². The highest BCUT2D eigenvalue weighted by Crippen LogP contribution is 2.63. The van der Waals surface area contributed by atoms with Crippen molar-refractivity contribution in [3.05, 3.63) is 465 Å². The number of hydrogen-bond acceptors (Lipinski definition) is 3. The molecule has 0 aliphatic heterocycles. The van der Waals surface area contributed by atoms with Crippen LogP contribution in [0.2, 0.25) is 0 Å². The van der Waals surface area contributed by atoms with Crippen molar-refractivity contribution in [3.63, 3.8) is 0 Å². The first-order valence-electron chi connectivity index (χ1n) is 39.5. The molecule has 2 aliphatic rings. The molecule has 3 heteroatoms. The highest BCUT2D eigenvalue weighted by Gasteiger charge is 2.51. The van der Waals surface area contributed by atoms with Gasteiger partial charge in [-0.3, -0.25) is 0 Å². The Morgan fingerprint density at radius 2 is 0.287 bits per heavy atom. The molecular weight excluding hydrogens is 1390 g/mol. The van der Waals surface area contributed by atoms with Crippen LogP contribution in [-0.2, 0) is 5.41 Å². The third kappa shape index (κ3) is 12.7. The maximum Gasteiger partial charge on any atom is 0.164 e. The van der Waals surface area contributed by atoms with Crippen LogP contribution in [0.15, 0.2) is 443 Å². The van der Waals surface area contributed by atoms with E-state index in [1.165, 1.54) is 106 Å². The normalized spacial score (nSPS) is 12.1. The van der Waals surface area contributed by atoms with E-state index in [0.29, 0.717) is 17.5 Å². The number of nitrogens with zero attached hydrogens (tertiary/aromatic N) is 3. The van der Waals surface area contributed by atoms with E-state index in [1.54, 1.807) is 0 Å². The zero-order valence-electron chi connectivity index (χ0n) is 63.0. The van der Waals surface area contributed by atoms with Crippen LogP contribution in [-0.4, -0.2) is 15.0 Å². The summed E-state index contributed by atoms with van der Waals surface area (Å²) >= 11 is 0. The Bertz CT molecular complexity index is 6890. The minimum absolute atomic E-state index is 0.399. The highest BCUT2D eigenvalue weighted by molar-refractivity contribution is 5.97. The van der Waals surface area contributed by atoms with E-state index >= 15 is 0 Å². The molecule has 0 fully saturated rings. The molecule has 0 N–H and O–H groups in total. The van der Waals surface area contributed by atoms with Gasteiger partial charge in [-0.15, -0.1) is 0 Å². The lowest BCUT2D eigenvalue weighted by Crippen LogP contribution is -2.25. The van der Waals surface area contributed by atoms with Gasteiger partial charge in [0.2, 0.25) is 0 Å². The minimum Gasteiger partial charge on any atom is -0.208 e. The second-order valence-corrected chi connectivity index (χ2v) is 30.1. The lowest BCUT2D eigenvalue weighted by molar-refractivity contribution is 0.794. The monoisotopic (exact) mass is 1460 g/mol. The van der Waals surface area contributed by atoms with E-state index < -0.39 is 5.41 Å². The summed E-state index contributed by atoms with van der Waals surface area (Å²) in [7, 11) is 0. The summed E-state index contributed by atoms with van der Waals surface area (Å²) in [6.45, 7) is 0. The average molecular weight is 1460 g/mol. The van der Waals surface area contributed by atoms with Gasteiger partial charge in [0.05, 0.1) is 5.41 Å². The second-order valence-electron chi connectivity index (χ2n) is 30.1. The Morgan fingerprint density at radius 3 is 0.565 bits per heavy atom. The third-order valence-corrected chi connectivity index (χ3v) is 23.4. The van der Waals surface area contributed by atoms with E-state index in [-0.39, 0.29) is 0 Å². The van der Waals surface area contributed by atoms with Gasteiger partial charge in [0.25, 0.3) is 0 Å². The van der Waals surface area contributed by atoms with Gasteiger partial charge in [-0.2, -0.15) is 0 Å². The zero-order valence-corrected chi connectivity index (χ0v) is 63.0. The molecule has 1 heterocycles. The molecule has 0 radical (unpaired) electrons. The van der Waals surface area contributed by atoms with Gasteiger partial charge < -0.3 is 0 Å². The van der Waals surface area contributed by atoms with Crippen LogP contribution in [0.4, 0.5) is 0 Å². The van der Waals surface area contributed by atoms with Crippen molar-refractivity contribution in [2.45, 2.75) is 5.41 Å². The number of hydrogen-bond donors (Lipinski definition) is 0. The van der Waals surface area contributed by atoms with Crippen molar-refractivity contribution in [1.29, 1.82) is 0 Å². The van der Waals surface area contributed by atoms with E-state index in [4.69, 9.17) is 15.0 Å². The van der Waals surface area contributed by atoms with E-state index in [9.17, 15) is 0 Å². The maximum atomic E-state index is 5.34. The summed E-state index contributed by atoms with van der Waals surface area (Å²) in [6, 6.07) is 161. The molecule has 1 spiro atoms. The predicted octanol–water partition coefficient (Wildman–Crippen LogP) is 29.2. The van der Waals surface area contributed by atoms with Crippen molar-refractivity contribution >= 4 is 0 Å². The fourth-order valence-electron chi connectivity index (χ4n) is 17.7. The lowest BCUT2D eigenvalue weighted by atomic mass is 9.70. The number of fused-ring (bicyclic) bond motifs is 10. The predicted molar refractivity (Wildman–Crippen MR) is 478 cm³/mol. The van der Waals surface area contributed by atoms with Crippen LogP contribution in [0, 0.1) is 0 Å². The minimum atomic E-state index is -0.399. The van der Waals surface area contributed by atoms with Crippen molar-refractivity contribution < 1.29 is 0 Å². The molecule has 0 amide bonds. The molecule has 0 saturated heterocycles. The molecule has 1 aromatic heterocycles. The average Bonchev–Trinajstić information content (AvgIpc) is 1.51. The van der Waals surface area contributed by atoms with Crippen LogP contribution in [0.3, 0.4) is 0 Å². The summed E-state index contributed by atoms with van der Waals surface area (Å²) in [6.07, 6.45) is 0. The standard InChI is InChI=1S/C112H73N3/c1-3-23-74(24-4-1)80-27-13-31-84(63-80)86-33-15-29-82(65-86)76-53-57-78(58-54-76)109-113-110(115-111(114-109)100-46-22-45-98(72-100)96-43-20-41-94(70-96)91-38-17-35-88(67-91)85-32-14-28-81(64-85)75-25-5-2-6-26-75)79-59-55-77(56-60-79)83-30-16-34-87(66-83)89-36-18-37-90(68-89)92-39-19-40-93(69-92)95-42-21-44-97(71-95)99-61-62-104-103-49-9-12-52-107(103)112(108(104)73-99)105-50-10-7-47-101(105)102-48-8-11-51-106(102)112/h1-73H. The molecule has 19 aromatic rings. The van der Waals surface area contributed by atoms with E-state index in [2.05, 4.69) is 443 Å². The number of benzene rings is 18. The van der Waals surface area contributed by atoms with Crippen molar-refractivity contribution in [1.82, 2.24) is 15.0 Å². The van der Waals surface area contributed by atoms with Crippen LogP contribution >= 0.6 is 0 Å². The first-order chi connectivity index (χ1) is 56.9. The van der Waals surface area contributed by atoms with Gasteiger partial charge in [-0.1, -0.05) is 376 Å². The molecule has 0 atom stereocenters. The zero-order chi connectivity index (χ0) is 76.2. The van der Waals surface area contributed by atoms with Crippen LogP contribution in [0.5, 0.6) is 0 Å². The van der Waals surface area contributed by atoms with E-state index in [1.807, 2.05) is 0 Å². The largest absolute Gasteiger partial charge is 0.208 e. The van der Waals surface area contributed by atoms with Gasteiger partial charge in [0.1, 0.15) is 0 Å². The fourth-order valence-corrected chi connectivity index (χ4v) is 17.7. The Labute approximate surface area is 670 Å². The van der Waals surface area contributed by atoms with Gasteiger partial charge in [0, 0.05) is 16.7 Å². The van der Waals surface area contributed by atoms with E-state index in [0.717, 1.165) is 89.0 Å². The molecule has 536 valence electrons.